The van der Waals surface area contributed by atoms with Crippen LogP contribution < -0.4 is 5.32 Å². The number of carbonyl (C=O) groups is 1. The summed E-state index contributed by atoms with van der Waals surface area (Å²) in [6.45, 7) is 13.4. The van der Waals surface area contributed by atoms with Gasteiger partial charge in [0.05, 0.1) is 18.6 Å². The maximum atomic E-state index is 11.6. The lowest BCUT2D eigenvalue weighted by molar-refractivity contribution is -0.119. The molecule has 0 spiro atoms. The molecule has 0 radical (unpaired) electrons. The normalized spacial score (nSPS) is 25.3. The third-order valence-electron chi connectivity index (χ3n) is 4.30. The molecule has 1 aliphatic rings. The van der Waals surface area contributed by atoms with Gasteiger partial charge in [0, 0.05) is 0 Å². The van der Waals surface area contributed by atoms with Crippen LogP contribution in [0.25, 0.3) is 0 Å². The van der Waals surface area contributed by atoms with Gasteiger partial charge in [-0.1, -0.05) is 40.5 Å². The van der Waals surface area contributed by atoms with Crippen molar-refractivity contribution in [3.8, 4) is 0 Å². The van der Waals surface area contributed by atoms with Crippen LogP contribution >= 0.6 is 0 Å². The van der Waals surface area contributed by atoms with Crippen LogP contribution in [-0.4, -0.2) is 26.4 Å². The number of rotatable bonds is 5. The Labute approximate surface area is 113 Å². The van der Waals surface area contributed by atoms with E-state index < -0.39 is 8.32 Å². The molecule has 0 aliphatic carbocycles. The maximum absolute atomic E-state index is 11.6. The fraction of sp³-hybridized carbons (Fsp3) is 0.929. The highest BCUT2D eigenvalue weighted by molar-refractivity contribution is 6.74. The van der Waals surface area contributed by atoms with Crippen LogP contribution in [-0.2, 0) is 9.22 Å². The smallest absolute Gasteiger partial charge is 0.222 e. The summed E-state index contributed by atoms with van der Waals surface area (Å²) in [4.78, 5) is 11.6. The molecule has 18 heavy (non-hydrogen) atoms. The van der Waals surface area contributed by atoms with E-state index in [1.165, 1.54) is 6.42 Å². The van der Waals surface area contributed by atoms with Crippen LogP contribution in [0.5, 0.6) is 0 Å². The zero-order chi connectivity index (χ0) is 14.0. The van der Waals surface area contributed by atoms with E-state index in [9.17, 15) is 4.79 Å². The van der Waals surface area contributed by atoms with Gasteiger partial charge in [0.1, 0.15) is 0 Å². The van der Waals surface area contributed by atoms with Crippen molar-refractivity contribution in [2.24, 2.45) is 0 Å². The van der Waals surface area contributed by atoms with Crippen LogP contribution in [0.15, 0.2) is 0 Å². The largest absolute Gasteiger partial charge is 0.411 e. The molecule has 1 aliphatic heterocycles. The minimum Gasteiger partial charge on any atom is -0.411 e. The van der Waals surface area contributed by atoms with E-state index in [1.807, 2.05) is 0 Å². The van der Waals surface area contributed by atoms with Gasteiger partial charge >= 0.3 is 0 Å². The number of hydrogen-bond acceptors (Lipinski definition) is 2. The van der Waals surface area contributed by atoms with Crippen LogP contribution in [0, 0.1) is 0 Å². The Kier molecular flexibility index (Phi) is 5.01. The summed E-state index contributed by atoms with van der Waals surface area (Å²) in [6.07, 6.45) is 3.99. The van der Waals surface area contributed by atoms with Gasteiger partial charge in [-0.05, 0) is 24.6 Å². The molecule has 0 bridgehead atoms. The number of carbonyl (C=O) groups excluding carboxylic acids is 1. The van der Waals surface area contributed by atoms with Gasteiger partial charge in [0.2, 0.25) is 5.91 Å². The van der Waals surface area contributed by atoms with Gasteiger partial charge < -0.3 is 9.74 Å². The molecule has 106 valence electrons. The molecule has 0 aromatic heterocycles. The number of amides is 1. The van der Waals surface area contributed by atoms with Gasteiger partial charge in [-0.2, -0.15) is 0 Å². The Balaban J connectivity index is 2.66. The molecule has 4 heteroatoms. The molecule has 1 amide bonds. The van der Waals surface area contributed by atoms with Crippen molar-refractivity contribution >= 4 is 14.2 Å². The van der Waals surface area contributed by atoms with Gasteiger partial charge in [-0.15, -0.1) is 0 Å². The second-order valence-electron chi connectivity index (χ2n) is 6.94. The molecule has 1 saturated heterocycles. The fourth-order valence-corrected chi connectivity index (χ4v) is 3.40. The first-order valence-corrected chi connectivity index (χ1v) is 10.1. The molecule has 1 rings (SSSR count). The summed E-state index contributed by atoms with van der Waals surface area (Å²) in [7, 11) is -1.77. The first-order chi connectivity index (χ1) is 8.17. The third kappa shape index (κ3) is 3.82. The lowest BCUT2D eigenvalue weighted by atomic mass is 10.1. The fourth-order valence-electron chi connectivity index (χ4n) is 2.04. The summed E-state index contributed by atoms with van der Waals surface area (Å²) < 4.78 is 6.40. The van der Waals surface area contributed by atoms with E-state index in [1.54, 1.807) is 0 Å². The van der Waals surface area contributed by atoms with Crippen molar-refractivity contribution in [2.75, 3.05) is 0 Å². The summed E-state index contributed by atoms with van der Waals surface area (Å²) in [5.74, 6) is 0.153. The average Bonchev–Trinajstić information content (AvgIpc) is 2.53. The predicted octanol–water partition coefficient (Wildman–Crippen LogP) is 3.46. The molecule has 0 aromatic carbocycles. The van der Waals surface area contributed by atoms with Crippen LogP contribution in [0.4, 0.5) is 0 Å². The topological polar surface area (TPSA) is 38.3 Å². The highest BCUT2D eigenvalue weighted by atomic mass is 28.4. The first kappa shape index (κ1) is 15.7. The molecule has 1 fully saturated rings. The molecule has 0 aromatic rings. The number of unbranched alkanes of at least 4 members (excludes halogenated alkanes) is 1. The summed E-state index contributed by atoms with van der Waals surface area (Å²) in [5.41, 5.74) is 0. The van der Waals surface area contributed by atoms with Gasteiger partial charge in [0.25, 0.3) is 0 Å². The monoisotopic (exact) mass is 271 g/mol. The van der Waals surface area contributed by atoms with Gasteiger partial charge in [-0.3, -0.25) is 4.79 Å². The van der Waals surface area contributed by atoms with E-state index >= 15 is 0 Å². The van der Waals surface area contributed by atoms with Crippen molar-refractivity contribution in [1.82, 2.24) is 5.32 Å². The Morgan fingerprint density at radius 1 is 1.39 bits per heavy atom. The van der Waals surface area contributed by atoms with Crippen LogP contribution in [0.1, 0.15) is 53.4 Å². The van der Waals surface area contributed by atoms with E-state index in [-0.39, 0.29) is 23.1 Å². The Hall–Kier alpha value is -0.353. The molecule has 3 nitrogen and oxygen atoms in total. The summed E-state index contributed by atoms with van der Waals surface area (Å²) >= 11 is 0. The van der Waals surface area contributed by atoms with Crippen molar-refractivity contribution in [1.29, 1.82) is 0 Å². The second kappa shape index (κ2) is 5.74. The van der Waals surface area contributed by atoms with Crippen molar-refractivity contribution in [2.45, 2.75) is 83.7 Å². The van der Waals surface area contributed by atoms with Crippen molar-refractivity contribution in [3.05, 3.63) is 0 Å². The van der Waals surface area contributed by atoms with Crippen LogP contribution in [0.3, 0.4) is 0 Å². The van der Waals surface area contributed by atoms with Crippen molar-refractivity contribution in [3.63, 3.8) is 0 Å². The molecule has 1 N–H and O–H groups in total. The van der Waals surface area contributed by atoms with Crippen molar-refractivity contribution < 1.29 is 9.22 Å². The molecular weight excluding hydrogens is 242 g/mol. The van der Waals surface area contributed by atoms with E-state index in [0.29, 0.717) is 6.42 Å². The SMILES string of the molecule is CCCC[C@H]1NC(=O)C[C@@H]1O[Si](C)(C)C(C)(C)C. The zero-order valence-corrected chi connectivity index (χ0v) is 13.8. The zero-order valence-electron chi connectivity index (χ0n) is 12.8. The Morgan fingerprint density at radius 2 is 2.00 bits per heavy atom. The van der Waals surface area contributed by atoms with E-state index in [4.69, 9.17) is 4.43 Å². The third-order valence-corrected chi connectivity index (χ3v) is 8.81. The quantitative estimate of drug-likeness (QED) is 0.778. The highest BCUT2D eigenvalue weighted by Crippen LogP contribution is 2.38. The van der Waals surface area contributed by atoms with Gasteiger partial charge in [-0.25, -0.2) is 0 Å². The second-order valence-corrected chi connectivity index (χ2v) is 11.7. The van der Waals surface area contributed by atoms with Gasteiger partial charge in [0.15, 0.2) is 8.32 Å². The predicted molar refractivity (Wildman–Crippen MR) is 78.1 cm³/mol. The molecular formula is C14H29NO2Si. The number of nitrogens with one attached hydrogen (secondary N) is 1. The lowest BCUT2D eigenvalue weighted by Crippen LogP contribution is -2.47. The minimum absolute atomic E-state index is 0.0879. The van der Waals surface area contributed by atoms with Crippen LogP contribution in [0.2, 0.25) is 18.1 Å². The minimum atomic E-state index is -1.77. The highest BCUT2D eigenvalue weighted by Gasteiger charge is 2.43. The van der Waals surface area contributed by atoms with E-state index in [2.05, 4.69) is 46.1 Å². The molecule has 1 heterocycles. The summed E-state index contributed by atoms with van der Waals surface area (Å²) in [6, 6.07) is 0.228. The average molecular weight is 271 g/mol. The molecule has 2 atom stereocenters. The Morgan fingerprint density at radius 3 is 2.50 bits per heavy atom. The summed E-state index contributed by atoms with van der Waals surface area (Å²) in [5, 5.41) is 3.27. The van der Waals surface area contributed by atoms with E-state index in [0.717, 1.165) is 12.8 Å². The first-order valence-electron chi connectivity index (χ1n) is 7.14. The standard InChI is InChI=1S/C14H29NO2Si/c1-7-8-9-11-12(10-13(16)15-11)17-18(5,6)14(2,3)4/h11-12H,7-10H2,1-6H3,(H,15,16)/t11-,12+/m1/s1. The molecule has 0 saturated carbocycles. The number of hydrogen-bond donors (Lipinski definition) is 1. The Bertz CT molecular complexity index is 297. The lowest BCUT2D eigenvalue weighted by Gasteiger charge is -2.39. The molecule has 0 unspecified atom stereocenters. The maximum Gasteiger partial charge on any atom is 0.222 e.